The van der Waals surface area contributed by atoms with Crippen LogP contribution in [-0.4, -0.2) is 29.2 Å². The Bertz CT molecular complexity index is 272. The average Bonchev–Trinajstić information content (AvgIpc) is 2.94. The van der Waals surface area contributed by atoms with Gasteiger partial charge in [0, 0.05) is 18.5 Å². The van der Waals surface area contributed by atoms with Gasteiger partial charge in [-0.05, 0) is 39.0 Å². The van der Waals surface area contributed by atoms with Crippen LogP contribution in [0, 0.1) is 5.92 Å². The molecule has 0 aromatic carbocycles. The first-order valence-corrected chi connectivity index (χ1v) is 5.69. The molecule has 16 heavy (non-hydrogen) atoms. The molecular formula is C11H20N2O3. The minimum Gasteiger partial charge on any atom is -0.481 e. The smallest absolute Gasteiger partial charge is 0.315 e. The Kier molecular flexibility index (Phi) is 4.15. The lowest BCUT2D eigenvalue weighted by Crippen LogP contribution is -2.49. The summed E-state index contributed by atoms with van der Waals surface area (Å²) in [5, 5.41) is 14.0. The molecule has 0 unspecified atom stereocenters. The maximum Gasteiger partial charge on any atom is 0.315 e. The molecule has 0 atom stereocenters. The first-order valence-electron chi connectivity index (χ1n) is 5.69. The van der Waals surface area contributed by atoms with Gasteiger partial charge in [-0.2, -0.15) is 0 Å². The minimum absolute atomic E-state index is 0.0896. The first kappa shape index (κ1) is 12.8. The molecule has 0 saturated heterocycles. The highest BCUT2D eigenvalue weighted by Crippen LogP contribution is 2.38. The van der Waals surface area contributed by atoms with Crippen molar-refractivity contribution < 1.29 is 14.7 Å². The Hall–Kier alpha value is -1.26. The van der Waals surface area contributed by atoms with E-state index in [0.29, 0.717) is 18.9 Å². The molecule has 0 aromatic heterocycles. The van der Waals surface area contributed by atoms with Gasteiger partial charge in [-0.3, -0.25) is 4.79 Å². The first-order chi connectivity index (χ1) is 7.42. The number of rotatable bonds is 6. The maximum absolute atomic E-state index is 11.5. The van der Waals surface area contributed by atoms with Crippen LogP contribution in [0.3, 0.4) is 0 Å². The van der Waals surface area contributed by atoms with Crippen LogP contribution in [0.1, 0.15) is 39.5 Å². The van der Waals surface area contributed by atoms with Crippen molar-refractivity contribution in [3.63, 3.8) is 0 Å². The van der Waals surface area contributed by atoms with Crippen LogP contribution < -0.4 is 10.6 Å². The molecule has 1 saturated carbocycles. The molecule has 5 nitrogen and oxygen atoms in total. The topological polar surface area (TPSA) is 78.4 Å². The van der Waals surface area contributed by atoms with E-state index in [4.69, 9.17) is 5.11 Å². The molecule has 0 aliphatic heterocycles. The summed E-state index contributed by atoms with van der Waals surface area (Å²) in [4.78, 5) is 21.7. The van der Waals surface area contributed by atoms with Gasteiger partial charge in [-0.15, -0.1) is 0 Å². The number of carboxylic acid groups (broad SMARTS) is 1. The molecule has 0 aromatic rings. The van der Waals surface area contributed by atoms with Crippen molar-refractivity contribution in [1.82, 2.24) is 10.6 Å². The van der Waals surface area contributed by atoms with Crippen LogP contribution in [0.4, 0.5) is 4.79 Å². The van der Waals surface area contributed by atoms with E-state index >= 15 is 0 Å². The largest absolute Gasteiger partial charge is 0.481 e. The zero-order chi connectivity index (χ0) is 12.2. The van der Waals surface area contributed by atoms with Crippen molar-refractivity contribution in [1.29, 1.82) is 0 Å². The average molecular weight is 228 g/mol. The van der Waals surface area contributed by atoms with E-state index < -0.39 is 5.97 Å². The van der Waals surface area contributed by atoms with E-state index in [-0.39, 0.29) is 18.0 Å². The highest BCUT2D eigenvalue weighted by atomic mass is 16.4. The second kappa shape index (κ2) is 5.18. The number of carboxylic acids is 1. The second-order valence-electron chi connectivity index (χ2n) is 4.87. The van der Waals surface area contributed by atoms with E-state index in [1.54, 1.807) is 0 Å². The minimum atomic E-state index is -0.833. The molecule has 0 radical (unpaired) electrons. The van der Waals surface area contributed by atoms with Crippen molar-refractivity contribution in [3.8, 4) is 0 Å². The zero-order valence-electron chi connectivity index (χ0n) is 9.88. The second-order valence-corrected chi connectivity index (χ2v) is 4.87. The van der Waals surface area contributed by atoms with Gasteiger partial charge in [0.1, 0.15) is 0 Å². The van der Waals surface area contributed by atoms with Gasteiger partial charge in [0.25, 0.3) is 0 Å². The van der Waals surface area contributed by atoms with E-state index in [2.05, 4.69) is 10.6 Å². The van der Waals surface area contributed by atoms with Crippen LogP contribution in [0.2, 0.25) is 0 Å². The lowest BCUT2D eigenvalue weighted by atomic mass is 9.99. The van der Waals surface area contributed by atoms with Gasteiger partial charge in [0.05, 0.1) is 0 Å². The summed E-state index contributed by atoms with van der Waals surface area (Å²) >= 11 is 0. The molecule has 0 bridgehead atoms. The number of carbonyl (C=O) groups excluding carboxylic acids is 1. The molecule has 1 aliphatic carbocycles. The fraction of sp³-hybridized carbons (Fsp3) is 0.818. The van der Waals surface area contributed by atoms with Gasteiger partial charge in [-0.1, -0.05) is 0 Å². The highest BCUT2D eigenvalue weighted by Gasteiger charge is 2.38. The molecule has 92 valence electrons. The number of aliphatic carboxylic acids is 1. The standard InChI is InChI=1S/C11H20N2O3/c1-11(2,8-5-6-8)13-10(16)12-7-3-4-9(14)15/h8H,3-7H2,1-2H3,(H,14,15)(H2,12,13,16). The van der Waals surface area contributed by atoms with Crippen molar-refractivity contribution in [2.45, 2.75) is 45.1 Å². The lowest BCUT2D eigenvalue weighted by Gasteiger charge is -2.26. The third kappa shape index (κ3) is 4.51. The van der Waals surface area contributed by atoms with Crippen molar-refractivity contribution in [2.24, 2.45) is 5.92 Å². The van der Waals surface area contributed by atoms with Gasteiger partial charge in [0.15, 0.2) is 0 Å². The van der Waals surface area contributed by atoms with Crippen molar-refractivity contribution in [2.75, 3.05) is 6.54 Å². The van der Waals surface area contributed by atoms with E-state index in [0.717, 1.165) is 0 Å². The molecule has 3 N–H and O–H groups in total. The Labute approximate surface area is 95.6 Å². The molecule has 1 aliphatic rings. The van der Waals surface area contributed by atoms with Crippen molar-refractivity contribution in [3.05, 3.63) is 0 Å². The molecule has 1 fully saturated rings. The number of nitrogens with one attached hydrogen (secondary N) is 2. The summed E-state index contributed by atoms with van der Waals surface area (Å²) in [5.41, 5.74) is -0.156. The fourth-order valence-electron chi connectivity index (χ4n) is 1.69. The van der Waals surface area contributed by atoms with Crippen LogP contribution in [0.15, 0.2) is 0 Å². The van der Waals surface area contributed by atoms with E-state index in [1.165, 1.54) is 12.8 Å². The monoisotopic (exact) mass is 228 g/mol. The lowest BCUT2D eigenvalue weighted by molar-refractivity contribution is -0.137. The third-order valence-electron chi connectivity index (χ3n) is 2.89. The summed E-state index contributed by atoms with van der Waals surface area (Å²) in [7, 11) is 0. The molecule has 0 heterocycles. The summed E-state index contributed by atoms with van der Waals surface area (Å²) < 4.78 is 0. The van der Waals surface area contributed by atoms with E-state index in [9.17, 15) is 9.59 Å². The third-order valence-corrected chi connectivity index (χ3v) is 2.89. The Morgan fingerprint density at radius 2 is 2.00 bits per heavy atom. The molecule has 0 spiro atoms. The quantitative estimate of drug-likeness (QED) is 0.600. The maximum atomic E-state index is 11.5. The van der Waals surface area contributed by atoms with Gasteiger partial charge in [-0.25, -0.2) is 4.79 Å². The van der Waals surface area contributed by atoms with Crippen LogP contribution in [0.25, 0.3) is 0 Å². The molecule has 5 heteroatoms. The number of carbonyl (C=O) groups is 2. The van der Waals surface area contributed by atoms with Gasteiger partial charge < -0.3 is 15.7 Å². The van der Waals surface area contributed by atoms with Crippen molar-refractivity contribution >= 4 is 12.0 Å². The number of urea groups is 1. The van der Waals surface area contributed by atoms with Crippen LogP contribution in [0.5, 0.6) is 0 Å². The SMILES string of the molecule is CC(C)(NC(=O)NCCCC(=O)O)C1CC1. The fourth-order valence-corrected chi connectivity index (χ4v) is 1.69. The van der Waals surface area contributed by atoms with Crippen LogP contribution >= 0.6 is 0 Å². The summed E-state index contributed by atoms with van der Waals surface area (Å²) in [6.07, 6.45) is 2.90. The summed E-state index contributed by atoms with van der Waals surface area (Å²) in [5.74, 6) is -0.252. The summed E-state index contributed by atoms with van der Waals surface area (Å²) in [6.45, 7) is 4.43. The number of hydrogen-bond acceptors (Lipinski definition) is 2. The summed E-state index contributed by atoms with van der Waals surface area (Å²) in [6, 6.07) is -0.206. The molecule has 2 amide bonds. The highest BCUT2D eigenvalue weighted by molar-refractivity contribution is 5.74. The van der Waals surface area contributed by atoms with Crippen LogP contribution in [-0.2, 0) is 4.79 Å². The van der Waals surface area contributed by atoms with Gasteiger partial charge >= 0.3 is 12.0 Å². The van der Waals surface area contributed by atoms with E-state index in [1.807, 2.05) is 13.8 Å². The van der Waals surface area contributed by atoms with Gasteiger partial charge in [0.2, 0.25) is 0 Å². The molecule has 1 rings (SSSR count). The number of hydrogen-bond donors (Lipinski definition) is 3. The Balaban J connectivity index is 2.13. The number of amides is 2. The zero-order valence-corrected chi connectivity index (χ0v) is 9.88. The predicted octanol–water partition coefficient (Wildman–Crippen LogP) is 1.34. The Morgan fingerprint density at radius 1 is 1.38 bits per heavy atom. The Morgan fingerprint density at radius 3 is 2.50 bits per heavy atom. The molecular weight excluding hydrogens is 208 g/mol. The predicted molar refractivity (Wildman–Crippen MR) is 60.2 cm³/mol. The normalized spacial score (nSPS) is 15.6.